The first-order valence-corrected chi connectivity index (χ1v) is 6.44. The van der Waals surface area contributed by atoms with Gasteiger partial charge in [-0.25, -0.2) is 0 Å². The zero-order valence-corrected chi connectivity index (χ0v) is 11.7. The van der Waals surface area contributed by atoms with E-state index in [0.29, 0.717) is 0 Å². The molecule has 21 heavy (non-hydrogen) atoms. The third-order valence-corrected chi connectivity index (χ3v) is 3.03. The molecule has 1 aromatic heterocycles. The number of nitrogens with zero attached hydrogens (tertiary/aromatic N) is 2. The van der Waals surface area contributed by atoms with E-state index in [1.165, 1.54) is 19.2 Å². The van der Waals surface area contributed by atoms with Crippen molar-refractivity contribution >= 4 is 5.69 Å². The summed E-state index contributed by atoms with van der Waals surface area (Å²) in [5.41, 5.74) is 0.0954. The van der Waals surface area contributed by atoms with Gasteiger partial charge < -0.3 is 10.1 Å². The predicted octanol–water partition coefficient (Wildman–Crippen LogP) is 3.54. The summed E-state index contributed by atoms with van der Waals surface area (Å²) in [5.74, 6) is 0.173. The highest BCUT2D eigenvalue weighted by atomic mass is 19.4. The van der Waals surface area contributed by atoms with Crippen LogP contribution in [0.2, 0.25) is 0 Å². The molecule has 1 N–H and O–H groups in total. The fourth-order valence-electron chi connectivity index (χ4n) is 1.91. The van der Waals surface area contributed by atoms with Gasteiger partial charge >= 0.3 is 6.18 Å². The van der Waals surface area contributed by atoms with Gasteiger partial charge in [-0.1, -0.05) is 0 Å². The van der Waals surface area contributed by atoms with Crippen LogP contribution in [0.25, 0.3) is 0 Å². The van der Waals surface area contributed by atoms with Gasteiger partial charge in [0.2, 0.25) is 0 Å². The number of aromatic nitrogens is 2. The van der Waals surface area contributed by atoms with E-state index in [4.69, 9.17) is 4.74 Å². The van der Waals surface area contributed by atoms with E-state index in [1.807, 2.05) is 6.92 Å². The standard InChI is InChI=1S/C14H16F3N3O/c1-3-20-9-10(8-19-20)7-18-13-5-4-11(21-2)6-12(13)14(15,16)17/h4-6,8-9,18H,3,7H2,1-2H3. The predicted molar refractivity (Wildman–Crippen MR) is 73.2 cm³/mol. The van der Waals surface area contributed by atoms with Crippen molar-refractivity contribution in [3.05, 3.63) is 41.7 Å². The number of nitrogens with one attached hydrogen (secondary N) is 1. The Labute approximate surface area is 120 Å². The van der Waals surface area contributed by atoms with Crippen molar-refractivity contribution in [2.45, 2.75) is 26.2 Å². The fourth-order valence-corrected chi connectivity index (χ4v) is 1.91. The third kappa shape index (κ3) is 3.68. The van der Waals surface area contributed by atoms with Crippen LogP contribution in [0.4, 0.5) is 18.9 Å². The normalized spacial score (nSPS) is 11.5. The van der Waals surface area contributed by atoms with E-state index >= 15 is 0 Å². The van der Waals surface area contributed by atoms with Crippen molar-refractivity contribution in [1.82, 2.24) is 9.78 Å². The molecular formula is C14H16F3N3O. The quantitative estimate of drug-likeness (QED) is 0.918. The molecule has 0 aliphatic rings. The molecule has 1 aromatic carbocycles. The molecule has 114 valence electrons. The minimum atomic E-state index is -4.44. The molecule has 0 spiro atoms. The molecule has 0 saturated carbocycles. The average Bonchev–Trinajstić information content (AvgIpc) is 2.92. The van der Waals surface area contributed by atoms with E-state index in [2.05, 4.69) is 10.4 Å². The first kappa shape index (κ1) is 15.2. The Morgan fingerprint density at radius 1 is 1.33 bits per heavy atom. The molecule has 2 rings (SSSR count). The molecule has 0 radical (unpaired) electrons. The maximum absolute atomic E-state index is 13.0. The summed E-state index contributed by atoms with van der Waals surface area (Å²) < 4.78 is 45.7. The van der Waals surface area contributed by atoms with Crippen molar-refractivity contribution < 1.29 is 17.9 Å². The number of ether oxygens (including phenoxy) is 1. The Balaban J connectivity index is 2.19. The molecule has 4 nitrogen and oxygen atoms in total. The lowest BCUT2D eigenvalue weighted by Crippen LogP contribution is -2.11. The van der Waals surface area contributed by atoms with Crippen molar-refractivity contribution in [2.75, 3.05) is 12.4 Å². The number of hydrogen-bond donors (Lipinski definition) is 1. The van der Waals surface area contributed by atoms with Crippen LogP contribution >= 0.6 is 0 Å². The second-order valence-electron chi connectivity index (χ2n) is 4.47. The van der Waals surface area contributed by atoms with Gasteiger partial charge in [0.05, 0.1) is 18.9 Å². The molecular weight excluding hydrogens is 283 g/mol. The van der Waals surface area contributed by atoms with Crippen LogP contribution in [0.5, 0.6) is 5.75 Å². The minimum absolute atomic E-state index is 0.0209. The topological polar surface area (TPSA) is 39.1 Å². The lowest BCUT2D eigenvalue weighted by molar-refractivity contribution is -0.137. The molecule has 2 aromatic rings. The summed E-state index contributed by atoms with van der Waals surface area (Å²) >= 11 is 0. The van der Waals surface area contributed by atoms with E-state index in [-0.39, 0.29) is 18.0 Å². The molecule has 0 aliphatic carbocycles. The average molecular weight is 299 g/mol. The van der Waals surface area contributed by atoms with Gasteiger partial charge in [-0.05, 0) is 25.1 Å². The number of methoxy groups -OCH3 is 1. The first-order chi connectivity index (χ1) is 9.94. The lowest BCUT2D eigenvalue weighted by Gasteiger charge is -2.15. The van der Waals surface area contributed by atoms with Gasteiger partial charge in [0, 0.05) is 30.5 Å². The van der Waals surface area contributed by atoms with Gasteiger partial charge in [0.1, 0.15) is 5.75 Å². The van der Waals surface area contributed by atoms with Gasteiger partial charge in [0.15, 0.2) is 0 Å². The van der Waals surface area contributed by atoms with Crippen LogP contribution in [0.3, 0.4) is 0 Å². The highest BCUT2D eigenvalue weighted by molar-refractivity contribution is 5.55. The Hall–Kier alpha value is -2.18. The molecule has 0 saturated heterocycles. The van der Waals surface area contributed by atoms with E-state index in [1.54, 1.807) is 17.1 Å². The highest BCUT2D eigenvalue weighted by Gasteiger charge is 2.34. The molecule has 0 bridgehead atoms. The summed E-state index contributed by atoms with van der Waals surface area (Å²) in [6, 6.07) is 3.84. The zero-order chi connectivity index (χ0) is 15.5. The molecule has 0 atom stereocenters. The summed E-state index contributed by atoms with van der Waals surface area (Å²) in [6.07, 6.45) is -1.01. The number of anilines is 1. The molecule has 0 aliphatic heterocycles. The van der Waals surface area contributed by atoms with E-state index < -0.39 is 11.7 Å². The molecule has 1 heterocycles. The Bertz CT molecular complexity index is 608. The van der Waals surface area contributed by atoms with Crippen molar-refractivity contribution in [3.63, 3.8) is 0 Å². The molecule has 0 fully saturated rings. The van der Waals surface area contributed by atoms with Gasteiger partial charge in [-0.15, -0.1) is 0 Å². The SMILES string of the molecule is CCn1cc(CNc2ccc(OC)cc2C(F)(F)F)cn1. The number of alkyl halides is 3. The van der Waals surface area contributed by atoms with Gasteiger partial charge in [-0.2, -0.15) is 18.3 Å². The Morgan fingerprint density at radius 2 is 2.10 bits per heavy atom. The number of rotatable bonds is 5. The monoisotopic (exact) mass is 299 g/mol. The van der Waals surface area contributed by atoms with Crippen LogP contribution in [-0.2, 0) is 19.3 Å². The van der Waals surface area contributed by atoms with Gasteiger partial charge in [-0.3, -0.25) is 4.68 Å². The maximum atomic E-state index is 13.0. The van der Waals surface area contributed by atoms with Crippen molar-refractivity contribution in [1.29, 1.82) is 0 Å². The van der Waals surface area contributed by atoms with Crippen LogP contribution < -0.4 is 10.1 Å². The van der Waals surface area contributed by atoms with Crippen LogP contribution in [0, 0.1) is 0 Å². The Morgan fingerprint density at radius 3 is 2.67 bits per heavy atom. The maximum Gasteiger partial charge on any atom is 0.418 e. The van der Waals surface area contributed by atoms with Crippen LogP contribution in [0.1, 0.15) is 18.1 Å². The second-order valence-corrected chi connectivity index (χ2v) is 4.47. The smallest absolute Gasteiger partial charge is 0.418 e. The highest BCUT2D eigenvalue weighted by Crippen LogP contribution is 2.37. The fraction of sp³-hybridized carbons (Fsp3) is 0.357. The second kappa shape index (κ2) is 6.07. The molecule has 7 heteroatoms. The zero-order valence-electron chi connectivity index (χ0n) is 11.7. The number of halogens is 3. The summed E-state index contributed by atoms with van der Waals surface area (Å²) in [5, 5.41) is 6.88. The number of benzene rings is 1. The summed E-state index contributed by atoms with van der Waals surface area (Å²) in [6.45, 7) is 2.93. The molecule has 0 unspecified atom stereocenters. The Kier molecular flexibility index (Phi) is 4.40. The van der Waals surface area contributed by atoms with E-state index in [9.17, 15) is 13.2 Å². The van der Waals surface area contributed by atoms with Gasteiger partial charge in [0.25, 0.3) is 0 Å². The van der Waals surface area contributed by atoms with Crippen LogP contribution in [-0.4, -0.2) is 16.9 Å². The summed E-state index contributed by atoms with van der Waals surface area (Å²) in [7, 11) is 1.34. The third-order valence-electron chi connectivity index (χ3n) is 3.03. The van der Waals surface area contributed by atoms with Crippen molar-refractivity contribution in [2.24, 2.45) is 0 Å². The summed E-state index contributed by atoms with van der Waals surface area (Å²) in [4.78, 5) is 0. The van der Waals surface area contributed by atoms with Crippen molar-refractivity contribution in [3.8, 4) is 5.75 Å². The van der Waals surface area contributed by atoms with E-state index in [0.717, 1.165) is 18.2 Å². The number of hydrogen-bond acceptors (Lipinski definition) is 3. The molecule has 0 amide bonds. The lowest BCUT2D eigenvalue weighted by atomic mass is 10.1. The largest absolute Gasteiger partial charge is 0.497 e. The van der Waals surface area contributed by atoms with Crippen LogP contribution in [0.15, 0.2) is 30.6 Å². The number of aryl methyl sites for hydroxylation is 1. The minimum Gasteiger partial charge on any atom is -0.497 e. The first-order valence-electron chi connectivity index (χ1n) is 6.44.